The predicted molar refractivity (Wildman–Crippen MR) is 122 cm³/mol. The van der Waals surface area contributed by atoms with Gasteiger partial charge in [-0.2, -0.15) is 13.2 Å². The molecule has 0 radical (unpaired) electrons. The normalized spacial score (nSPS) is 17.1. The third-order valence-electron chi connectivity index (χ3n) is 5.26. The van der Waals surface area contributed by atoms with E-state index in [4.69, 9.17) is 0 Å². The van der Waals surface area contributed by atoms with E-state index in [1.807, 2.05) is 50.4 Å². The minimum absolute atomic E-state index is 0.121. The second kappa shape index (κ2) is 8.41. The molecule has 1 aliphatic heterocycles. The second-order valence-electron chi connectivity index (χ2n) is 8.69. The standard InChI is InChI=1S/C25H21F5N2S/c1-24(2,3)32-20(15-9-10-18(26)19(27)13-15)14-22(25(28,29)30)31-23(32)17-7-4-6-16(12-17)21-8-5-11-33-21/h4-14,23H,1-3H3. The number of alkyl halides is 3. The summed E-state index contributed by atoms with van der Waals surface area (Å²) in [7, 11) is 0. The summed E-state index contributed by atoms with van der Waals surface area (Å²) in [6, 6.07) is 14.2. The molecule has 2 nitrogen and oxygen atoms in total. The molecule has 0 amide bonds. The van der Waals surface area contributed by atoms with Gasteiger partial charge >= 0.3 is 6.18 Å². The molecular weight excluding hydrogens is 455 g/mol. The van der Waals surface area contributed by atoms with Gasteiger partial charge in [-0.1, -0.05) is 24.3 Å². The molecule has 1 atom stereocenters. The first-order chi connectivity index (χ1) is 15.4. The van der Waals surface area contributed by atoms with E-state index in [1.54, 1.807) is 17.0 Å². The number of halogens is 5. The van der Waals surface area contributed by atoms with Gasteiger partial charge in [-0.15, -0.1) is 11.3 Å². The molecule has 0 spiro atoms. The first kappa shape index (κ1) is 23.2. The highest BCUT2D eigenvalue weighted by atomic mass is 32.1. The van der Waals surface area contributed by atoms with Gasteiger partial charge in [-0.25, -0.2) is 8.78 Å². The van der Waals surface area contributed by atoms with Crippen LogP contribution in [0.25, 0.3) is 16.1 Å². The van der Waals surface area contributed by atoms with Crippen molar-refractivity contribution in [3.63, 3.8) is 0 Å². The Morgan fingerprint density at radius 1 is 0.879 bits per heavy atom. The summed E-state index contributed by atoms with van der Waals surface area (Å²) >= 11 is 1.52. The number of rotatable bonds is 3. The quantitative estimate of drug-likeness (QED) is 0.352. The highest BCUT2D eigenvalue weighted by Gasteiger charge is 2.42. The largest absolute Gasteiger partial charge is 0.433 e. The number of hydrogen-bond acceptors (Lipinski definition) is 3. The van der Waals surface area contributed by atoms with Gasteiger partial charge in [0.05, 0.1) is 0 Å². The van der Waals surface area contributed by atoms with Gasteiger partial charge in [0.2, 0.25) is 0 Å². The number of benzene rings is 2. The molecule has 1 aliphatic rings. The van der Waals surface area contributed by atoms with Crippen molar-refractivity contribution >= 4 is 22.7 Å². The molecule has 33 heavy (non-hydrogen) atoms. The Morgan fingerprint density at radius 3 is 2.24 bits per heavy atom. The zero-order valence-electron chi connectivity index (χ0n) is 18.1. The van der Waals surface area contributed by atoms with E-state index < -0.39 is 35.2 Å². The maximum absolute atomic E-state index is 14.0. The lowest BCUT2D eigenvalue weighted by Crippen LogP contribution is -2.45. The molecule has 1 aromatic heterocycles. The van der Waals surface area contributed by atoms with Crippen LogP contribution in [-0.2, 0) is 0 Å². The first-order valence-corrected chi connectivity index (χ1v) is 11.1. The lowest BCUT2D eigenvalue weighted by Gasteiger charge is -2.45. The SMILES string of the molecule is CC(C)(C)N1C(c2ccc(F)c(F)c2)=CC(C(F)(F)F)=NC1c1cccc(-c2cccs2)c1. The van der Waals surface area contributed by atoms with Gasteiger partial charge in [-0.05, 0) is 73.7 Å². The smallest absolute Gasteiger partial charge is 0.340 e. The van der Waals surface area contributed by atoms with Crippen molar-refractivity contribution in [1.29, 1.82) is 0 Å². The third kappa shape index (κ3) is 4.71. The van der Waals surface area contributed by atoms with E-state index in [0.717, 1.165) is 28.6 Å². The monoisotopic (exact) mass is 476 g/mol. The number of aliphatic imine (C=N–C) groups is 1. The molecule has 1 unspecified atom stereocenters. The van der Waals surface area contributed by atoms with Crippen molar-refractivity contribution in [3.05, 3.63) is 88.8 Å². The van der Waals surface area contributed by atoms with Crippen molar-refractivity contribution in [2.75, 3.05) is 0 Å². The van der Waals surface area contributed by atoms with Gasteiger partial charge in [0.1, 0.15) is 11.9 Å². The first-order valence-electron chi connectivity index (χ1n) is 10.2. The zero-order valence-corrected chi connectivity index (χ0v) is 18.9. The van der Waals surface area contributed by atoms with Crippen LogP contribution in [0.3, 0.4) is 0 Å². The summed E-state index contributed by atoms with van der Waals surface area (Å²) in [6.45, 7) is 5.51. The van der Waals surface area contributed by atoms with Crippen LogP contribution in [0.1, 0.15) is 38.1 Å². The molecule has 0 saturated carbocycles. The molecule has 8 heteroatoms. The molecular formula is C25H21F5N2S. The summed E-state index contributed by atoms with van der Waals surface area (Å²) in [5.41, 5.74) is -0.0832. The van der Waals surface area contributed by atoms with E-state index in [9.17, 15) is 22.0 Å². The Hall–Kier alpha value is -3.00. The van der Waals surface area contributed by atoms with Crippen molar-refractivity contribution < 1.29 is 22.0 Å². The minimum Gasteiger partial charge on any atom is -0.340 e. The lowest BCUT2D eigenvalue weighted by atomic mass is 9.95. The summed E-state index contributed by atoms with van der Waals surface area (Å²) in [6.07, 6.45) is -4.83. The Balaban J connectivity index is 1.92. The van der Waals surface area contributed by atoms with Crippen LogP contribution in [0.15, 0.2) is 71.0 Å². The fraction of sp³-hybridized carbons (Fsp3) is 0.240. The van der Waals surface area contributed by atoms with Crippen LogP contribution in [0.4, 0.5) is 22.0 Å². The van der Waals surface area contributed by atoms with Crippen molar-refractivity contribution in [2.45, 2.75) is 38.7 Å². The molecule has 0 aliphatic carbocycles. The van der Waals surface area contributed by atoms with E-state index in [-0.39, 0.29) is 11.3 Å². The van der Waals surface area contributed by atoms with E-state index in [2.05, 4.69) is 4.99 Å². The van der Waals surface area contributed by atoms with Crippen LogP contribution < -0.4 is 0 Å². The average Bonchev–Trinajstić information content (AvgIpc) is 3.28. The molecule has 3 aromatic rings. The fourth-order valence-electron chi connectivity index (χ4n) is 3.84. The van der Waals surface area contributed by atoms with Crippen molar-refractivity contribution in [3.8, 4) is 10.4 Å². The maximum Gasteiger partial charge on any atom is 0.433 e. The highest BCUT2D eigenvalue weighted by molar-refractivity contribution is 7.13. The average molecular weight is 477 g/mol. The molecule has 0 bridgehead atoms. The van der Waals surface area contributed by atoms with Crippen LogP contribution >= 0.6 is 11.3 Å². The van der Waals surface area contributed by atoms with E-state index >= 15 is 0 Å². The second-order valence-corrected chi connectivity index (χ2v) is 9.64. The van der Waals surface area contributed by atoms with E-state index in [1.165, 1.54) is 17.4 Å². The van der Waals surface area contributed by atoms with Crippen molar-refractivity contribution in [2.24, 2.45) is 4.99 Å². The molecule has 0 saturated heterocycles. The van der Waals surface area contributed by atoms with E-state index in [0.29, 0.717) is 5.56 Å². The third-order valence-corrected chi connectivity index (χ3v) is 6.18. The van der Waals surface area contributed by atoms with Crippen molar-refractivity contribution in [1.82, 2.24) is 4.90 Å². The minimum atomic E-state index is -4.71. The van der Waals surface area contributed by atoms with Gasteiger partial charge in [-0.3, -0.25) is 4.99 Å². The molecule has 2 heterocycles. The molecule has 0 fully saturated rings. The lowest BCUT2D eigenvalue weighted by molar-refractivity contribution is -0.0590. The zero-order chi connectivity index (χ0) is 24.0. The fourth-order valence-corrected chi connectivity index (χ4v) is 4.56. The van der Waals surface area contributed by atoms with Gasteiger partial charge in [0.25, 0.3) is 0 Å². The predicted octanol–water partition coefficient (Wildman–Crippen LogP) is 7.85. The molecule has 172 valence electrons. The van der Waals surface area contributed by atoms with Crippen LogP contribution in [0.2, 0.25) is 0 Å². The summed E-state index contributed by atoms with van der Waals surface area (Å²) in [5, 5.41) is 1.92. The number of hydrogen-bond donors (Lipinski definition) is 0. The van der Waals surface area contributed by atoms with Gasteiger partial charge in [0.15, 0.2) is 11.6 Å². The highest BCUT2D eigenvalue weighted by Crippen LogP contribution is 2.43. The van der Waals surface area contributed by atoms with Gasteiger partial charge < -0.3 is 4.90 Å². The number of allylic oxidation sites excluding steroid dienone is 1. The van der Waals surface area contributed by atoms with Gasteiger partial charge in [0, 0.05) is 21.7 Å². The molecule has 4 rings (SSSR count). The number of thiophene rings is 1. The van der Waals surface area contributed by atoms with Crippen LogP contribution in [0, 0.1) is 11.6 Å². The summed E-state index contributed by atoms with van der Waals surface area (Å²) in [5.74, 6) is -2.20. The number of nitrogens with zero attached hydrogens (tertiary/aromatic N) is 2. The topological polar surface area (TPSA) is 15.6 Å². The molecule has 0 N–H and O–H groups in total. The summed E-state index contributed by atoms with van der Waals surface area (Å²) in [4.78, 5) is 6.78. The Bertz CT molecular complexity index is 1220. The molecule has 2 aromatic carbocycles. The van der Waals surface area contributed by atoms with Crippen LogP contribution in [-0.4, -0.2) is 22.3 Å². The Kier molecular flexibility index (Phi) is 5.90. The van der Waals surface area contributed by atoms with Crippen LogP contribution in [0.5, 0.6) is 0 Å². The Morgan fingerprint density at radius 2 is 1.64 bits per heavy atom. The summed E-state index contributed by atoms with van der Waals surface area (Å²) < 4.78 is 69.2. The Labute approximate surface area is 192 Å². The maximum atomic E-state index is 14.0.